The van der Waals surface area contributed by atoms with E-state index in [0.29, 0.717) is 19.8 Å². The fourth-order valence-electron chi connectivity index (χ4n) is 3.95. The van der Waals surface area contributed by atoms with E-state index < -0.39 is 7.82 Å². The van der Waals surface area contributed by atoms with Crippen molar-refractivity contribution in [2.24, 2.45) is 0 Å². The van der Waals surface area contributed by atoms with E-state index in [4.69, 9.17) is 13.8 Å². The van der Waals surface area contributed by atoms with Crippen molar-refractivity contribution < 1.29 is 27.8 Å². The highest BCUT2D eigenvalue weighted by Crippen LogP contribution is 2.42. The molecular formula is C27H51NO5P+. The molecule has 1 aromatic heterocycles. The first-order valence-corrected chi connectivity index (χ1v) is 15.3. The van der Waals surface area contributed by atoms with Gasteiger partial charge >= 0.3 is 7.82 Å². The summed E-state index contributed by atoms with van der Waals surface area (Å²) in [7, 11) is -4.02. The van der Waals surface area contributed by atoms with Crippen molar-refractivity contribution in [1.29, 1.82) is 0 Å². The molecule has 0 aliphatic rings. The van der Waals surface area contributed by atoms with Crippen LogP contribution in [0, 0.1) is 0 Å². The molecule has 0 aliphatic carbocycles. The molecule has 6 nitrogen and oxygen atoms in total. The lowest BCUT2D eigenvalue weighted by Crippen LogP contribution is -2.34. The lowest BCUT2D eigenvalue weighted by molar-refractivity contribution is -0.697. The van der Waals surface area contributed by atoms with Crippen molar-refractivity contribution >= 4 is 7.82 Å². The van der Waals surface area contributed by atoms with Crippen molar-refractivity contribution in [2.75, 3.05) is 26.4 Å². The Kier molecular flexibility index (Phi) is 20.8. The van der Waals surface area contributed by atoms with Gasteiger partial charge in [-0.25, -0.2) is 9.13 Å². The van der Waals surface area contributed by atoms with Gasteiger partial charge in [0.15, 0.2) is 18.9 Å². The lowest BCUT2D eigenvalue weighted by atomic mass is 10.0. The summed E-state index contributed by atoms with van der Waals surface area (Å²) >= 11 is 0. The van der Waals surface area contributed by atoms with Crippen molar-refractivity contribution in [3.05, 3.63) is 30.6 Å². The van der Waals surface area contributed by atoms with Crippen molar-refractivity contribution in [3.8, 4) is 0 Å². The van der Waals surface area contributed by atoms with Gasteiger partial charge in [-0.1, -0.05) is 109 Å². The Labute approximate surface area is 209 Å². The Morgan fingerprint density at radius 2 is 1.09 bits per heavy atom. The minimum Gasteiger partial charge on any atom is -0.379 e. The SMILES string of the molecule is CCCCCCCCCCCCCCCCCCOCCOP(=O)(O)OCC[n+]1ccccc1. The minimum atomic E-state index is -4.02. The molecule has 1 N–H and O–H groups in total. The summed E-state index contributed by atoms with van der Waals surface area (Å²) in [4.78, 5) is 9.69. The first kappa shape index (κ1) is 31.3. The number of nitrogens with zero attached hydrogens (tertiary/aromatic N) is 1. The quantitative estimate of drug-likeness (QED) is 0.0861. The van der Waals surface area contributed by atoms with Crippen LogP contribution in [-0.2, 0) is 24.9 Å². The third-order valence-electron chi connectivity index (χ3n) is 6.01. The van der Waals surface area contributed by atoms with Gasteiger partial charge in [0, 0.05) is 18.7 Å². The van der Waals surface area contributed by atoms with E-state index in [2.05, 4.69) is 6.92 Å². The van der Waals surface area contributed by atoms with E-state index in [0.717, 1.165) is 6.42 Å². The zero-order chi connectivity index (χ0) is 24.6. The summed E-state index contributed by atoms with van der Waals surface area (Å²) in [5.74, 6) is 0. The Bertz CT molecular complexity index is 602. The molecule has 0 saturated carbocycles. The molecule has 34 heavy (non-hydrogen) atoms. The fourth-order valence-corrected chi connectivity index (χ4v) is 4.64. The molecule has 1 unspecified atom stereocenters. The molecule has 0 saturated heterocycles. The molecule has 198 valence electrons. The molecule has 0 bridgehead atoms. The molecule has 0 aromatic carbocycles. The van der Waals surface area contributed by atoms with Gasteiger partial charge in [-0.15, -0.1) is 0 Å². The molecule has 0 fully saturated rings. The van der Waals surface area contributed by atoms with Gasteiger partial charge in [0.05, 0.1) is 13.2 Å². The summed E-state index contributed by atoms with van der Waals surface area (Å²) in [6.07, 6.45) is 25.3. The van der Waals surface area contributed by atoms with Crippen LogP contribution >= 0.6 is 7.82 Å². The van der Waals surface area contributed by atoms with Gasteiger partial charge in [-0.2, -0.15) is 0 Å². The van der Waals surface area contributed by atoms with Gasteiger partial charge in [0.1, 0.15) is 6.61 Å². The number of unbranched alkanes of at least 4 members (excludes halogenated alkanes) is 15. The minimum absolute atomic E-state index is 0.0606. The standard InChI is InChI=1S/C27H50NO5P/c1-2-3-4-5-6-7-8-9-10-11-12-13-14-15-16-20-24-31-26-27-33-34(29,30)32-25-23-28-21-18-17-19-22-28/h17-19,21-22H,2-16,20,23-27H2,1H3/p+1. The molecule has 0 aliphatic heterocycles. The highest BCUT2D eigenvalue weighted by atomic mass is 31.2. The van der Waals surface area contributed by atoms with Crippen LogP contribution in [0.1, 0.15) is 110 Å². The number of rotatable bonds is 25. The zero-order valence-electron chi connectivity index (χ0n) is 21.7. The number of phosphoric acid groups is 1. The lowest BCUT2D eigenvalue weighted by Gasteiger charge is -2.11. The second-order valence-electron chi connectivity index (χ2n) is 9.16. The smallest absolute Gasteiger partial charge is 0.379 e. The van der Waals surface area contributed by atoms with Crippen LogP contribution < -0.4 is 4.57 Å². The molecule has 7 heteroatoms. The second kappa shape index (κ2) is 22.7. The number of hydrogen-bond acceptors (Lipinski definition) is 4. The second-order valence-corrected chi connectivity index (χ2v) is 10.6. The van der Waals surface area contributed by atoms with Crippen LogP contribution in [0.25, 0.3) is 0 Å². The van der Waals surface area contributed by atoms with Gasteiger partial charge in [0.25, 0.3) is 0 Å². The Morgan fingerprint density at radius 3 is 1.62 bits per heavy atom. The molecule has 0 radical (unpaired) electrons. The molecule has 0 amide bonds. The van der Waals surface area contributed by atoms with Crippen molar-refractivity contribution in [3.63, 3.8) is 0 Å². The van der Waals surface area contributed by atoms with E-state index >= 15 is 0 Å². The molecule has 1 aromatic rings. The first-order valence-electron chi connectivity index (χ1n) is 13.8. The van der Waals surface area contributed by atoms with Crippen LogP contribution in [0.4, 0.5) is 0 Å². The van der Waals surface area contributed by atoms with Crippen LogP contribution in [0.3, 0.4) is 0 Å². The van der Waals surface area contributed by atoms with Crippen molar-refractivity contribution in [2.45, 2.75) is 116 Å². The fraction of sp³-hybridized carbons (Fsp3) is 0.815. The number of aromatic nitrogens is 1. The largest absolute Gasteiger partial charge is 0.472 e. The maximum Gasteiger partial charge on any atom is 0.472 e. The predicted molar refractivity (Wildman–Crippen MR) is 139 cm³/mol. The molecular weight excluding hydrogens is 449 g/mol. The van der Waals surface area contributed by atoms with Crippen LogP contribution in [0.15, 0.2) is 30.6 Å². The van der Waals surface area contributed by atoms with Crippen LogP contribution in [0.2, 0.25) is 0 Å². The number of ether oxygens (including phenoxy) is 1. The average Bonchev–Trinajstić information content (AvgIpc) is 2.83. The molecule has 0 spiro atoms. The van der Waals surface area contributed by atoms with Crippen LogP contribution in [0.5, 0.6) is 0 Å². The highest BCUT2D eigenvalue weighted by molar-refractivity contribution is 7.47. The average molecular weight is 501 g/mol. The van der Waals surface area contributed by atoms with Gasteiger partial charge in [-0.05, 0) is 6.42 Å². The first-order chi connectivity index (χ1) is 16.6. The van der Waals surface area contributed by atoms with E-state index in [1.54, 1.807) is 0 Å². The summed E-state index contributed by atoms with van der Waals surface area (Å²) in [5.41, 5.74) is 0. The number of hydrogen-bond donors (Lipinski definition) is 1. The maximum atomic E-state index is 11.8. The van der Waals surface area contributed by atoms with E-state index in [9.17, 15) is 9.46 Å². The third-order valence-corrected chi connectivity index (χ3v) is 7.02. The van der Waals surface area contributed by atoms with Gasteiger partial charge in [-0.3, -0.25) is 9.05 Å². The third kappa shape index (κ3) is 20.6. The Morgan fingerprint density at radius 1 is 0.618 bits per heavy atom. The molecule has 1 atom stereocenters. The Balaban J connectivity index is 1.77. The summed E-state index contributed by atoms with van der Waals surface area (Å²) < 4.78 is 29.2. The molecule has 1 heterocycles. The van der Waals surface area contributed by atoms with Crippen LogP contribution in [-0.4, -0.2) is 31.3 Å². The maximum absolute atomic E-state index is 11.8. The van der Waals surface area contributed by atoms with E-state index in [1.807, 2.05) is 35.2 Å². The van der Waals surface area contributed by atoms with Crippen molar-refractivity contribution in [1.82, 2.24) is 0 Å². The summed E-state index contributed by atoms with van der Waals surface area (Å²) in [6, 6.07) is 5.70. The normalized spacial score (nSPS) is 13.2. The molecule has 1 rings (SSSR count). The van der Waals surface area contributed by atoms with E-state index in [1.165, 1.54) is 96.3 Å². The number of pyridine rings is 1. The summed E-state index contributed by atoms with van der Waals surface area (Å²) in [5, 5.41) is 0. The van der Waals surface area contributed by atoms with E-state index in [-0.39, 0.29) is 13.2 Å². The summed E-state index contributed by atoms with van der Waals surface area (Å²) in [6.45, 7) is 3.92. The zero-order valence-corrected chi connectivity index (χ0v) is 22.6. The van der Waals surface area contributed by atoms with Gasteiger partial charge in [0.2, 0.25) is 0 Å². The predicted octanol–water partition coefficient (Wildman–Crippen LogP) is 7.39. The number of phosphoric ester groups is 1. The Hall–Kier alpha value is -0.780. The van der Waals surface area contributed by atoms with Gasteiger partial charge < -0.3 is 9.63 Å². The highest BCUT2D eigenvalue weighted by Gasteiger charge is 2.21. The monoisotopic (exact) mass is 500 g/mol. The topological polar surface area (TPSA) is 68.9 Å².